The van der Waals surface area contributed by atoms with Gasteiger partial charge in [0.2, 0.25) is 0 Å². The number of hydrogen-bond donors (Lipinski definition) is 2. The van der Waals surface area contributed by atoms with Gasteiger partial charge in [-0.25, -0.2) is 8.42 Å². The van der Waals surface area contributed by atoms with E-state index < -0.39 is 9.84 Å². The molecule has 1 amide bonds. The maximum Gasteiger partial charge on any atom is 0.251 e. The number of methoxy groups -OCH3 is 1. The van der Waals surface area contributed by atoms with Crippen LogP contribution in [-0.2, 0) is 20.3 Å². The maximum absolute atomic E-state index is 12.3. The minimum absolute atomic E-state index is 0.0150. The molecule has 1 aliphatic rings. The molecule has 1 heterocycles. The van der Waals surface area contributed by atoms with Gasteiger partial charge in [0.1, 0.15) is 0 Å². The third-order valence-corrected chi connectivity index (χ3v) is 5.24. The van der Waals surface area contributed by atoms with E-state index in [-0.39, 0.29) is 17.1 Å². The average Bonchev–Trinajstić information content (AvgIpc) is 2.53. The Kier molecular flexibility index (Phi) is 6.37. The number of rotatable bonds is 7. The first-order valence-corrected chi connectivity index (χ1v) is 10.1. The van der Waals surface area contributed by atoms with E-state index in [0.29, 0.717) is 24.3 Å². The van der Waals surface area contributed by atoms with Crippen LogP contribution in [0.5, 0.6) is 0 Å². The molecule has 0 radical (unpaired) electrons. The summed E-state index contributed by atoms with van der Waals surface area (Å²) in [7, 11) is -1.38. The molecule has 2 rings (SSSR count). The Labute approximate surface area is 143 Å². The summed E-state index contributed by atoms with van der Waals surface area (Å²) in [5.74, 6) is -0.159. The van der Waals surface area contributed by atoms with Gasteiger partial charge in [-0.2, -0.15) is 0 Å². The van der Waals surface area contributed by atoms with Crippen LogP contribution >= 0.6 is 0 Å². The van der Waals surface area contributed by atoms with Crippen LogP contribution in [-0.4, -0.2) is 53.9 Å². The topological polar surface area (TPSA) is 84.5 Å². The average molecular weight is 354 g/mol. The van der Waals surface area contributed by atoms with Crippen molar-refractivity contribution in [2.24, 2.45) is 5.41 Å². The first-order chi connectivity index (χ1) is 11.3. The van der Waals surface area contributed by atoms with Crippen LogP contribution in [0.2, 0.25) is 0 Å². The molecule has 1 aromatic carbocycles. The highest BCUT2D eigenvalue weighted by Crippen LogP contribution is 2.28. The van der Waals surface area contributed by atoms with Crippen molar-refractivity contribution < 1.29 is 17.9 Å². The summed E-state index contributed by atoms with van der Waals surface area (Å²) in [5.41, 5.74) is 1.20. The van der Waals surface area contributed by atoms with Gasteiger partial charge in [0, 0.05) is 30.9 Å². The highest BCUT2D eigenvalue weighted by atomic mass is 32.2. The quantitative estimate of drug-likeness (QED) is 0.762. The molecule has 0 aliphatic carbocycles. The summed E-state index contributed by atoms with van der Waals surface area (Å²) in [6, 6.07) is 6.71. The molecular formula is C17H26N2O4S. The molecule has 0 spiro atoms. The van der Waals surface area contributed by atoms with Crippen molar-refractivity contribution in [1.82, 2.24) is 10.6 Å². The van der Waals surface area contributed by atoms with Gasteiger partial charge in [-0.1, -0.05) is 12.1 Å². The monoisotopic (exact) mass is 354 g/mol. The Hall–Kier alpha value is -1.44. The minimum Gasteiger partial charge on any atom is -0.384 e. The standard InChI is InChI=1S/C17H26N2O4S/c1-23-13-17(7-9-18-10-8-17)12-19-16(20)15-5-3-14(4-6-15)11-24(2,21)22/h3-6,18H,7-13H2,1-2H3,(H,19,20). The Morgan fingerprint density at radius 3 is 2.42 bits per heavy atom. The maximum atomic E-state index is 12.3. The number of hydrogen-bond acceptors (Lipinski definition) is 5. The van der Waals surface area contributed by atoms with Gasteiger partial charge in [0.15, 0.2) is 9.84 Å². The lowest BCUT2D eigenvalue weighted by Crippen LogP contribution is -2.47. The number of carbonyl (C=O) groups excluding carboxylic acids is 1. The Morgan fingerprint density at radius 2 is 1.88 bits per heavy atom. The molecule has 134 valence electrons. The van der Waals surface area contributed by atoms with Crippen LogP contribution in [0.25, 0.3) is 0 Å². The van der Waals surface area contributed by atoms with E-state index in [2.05, 4.69) is 10.6 Å². The highest BCUT2D eigenvalue weighted by molar-refractivity contribution is 7.89. The molecule has 1 aromatic rings. The zero-order chi connectivity index (χ0) is 17.6. The number of piperidine rings is 1. The second-order valence-electron chi connectivity index (χ2n) is 6.63. The summed E-state index contributed by atoms with van der Waals surface area (Å²) >= 11 is 0. The summed E-state index contributed by atoms with van der Waals surface area (Å²) in [6.45, 7) is 3.06. The zero-order valence-electron chi connectivity index (χ0n) is 14.3. The molecule has 1 fully saturated rings. The molecule has 0 bridgehead atoms. The molecule has 6 nitrogen and oxygen atoms in total. The van der Waals surface area contributed by atoms with Crippen LogP contribution in [0, 0.1) is 5.41 Å². The number of benzene rings is 1. The number of carbonyl (C=O) groups is 1. The van der Waals surface area contributed by atoms with Gasteiger partial charge < -0.3 is 15.4 Å². The molecule has 1 saturated heterocycles. The molecule has 0 saturated carbocycles. The van der Waals surface area contributed by atoms with Gasteiger partial charge in [-0.15, -0.1) is 0 Å². The van der Waals surface area contributed by atoms with E-state index in [0.717, 1.165) is 25.9 Å². The fourth-order valence-corrected chi connectivity index (χ4v) is 3.86. The molecule has 1 aliphatic heterocycles. The van der Waals surface area contributed by atoms with E-state index in [4.69, 9.17) is 4.74 Å². The molecule has 7 heteroatoms. The lowest BCUT2D eigenvalue weighted by molar-refractivity contribution is 0.0512. The lowest BCUT2D eigenvalue weighted by Gasteiger charge is -2.37. The Bertz CT molecular complexity index is 644. The predicted octanol–water partition coefficient (Wildman–Crippen LogP) is 0.977. The first-order valence-electron chi connectivity index (χ1n) is 8.08. The van der Waals surface area contributed by atoms with Crippen molar-refractivity contribution in [3.8, 4) is 0 Å². The van der Waals surface area contributed by atoms with Crippen LogP contribution in [0.4, 0.5) is 0 Å². The molecule has 0 aromatic heterocycles. The summed E-state index contributed by atoms with van der Waals surface area (Å²) in [6.07, 6.45) is 3.13. The van der Waals surface area contributed by atoms with Crippen molar-refractivity contribution in [3.63, 3.8) is 0 Å². The van der Waals surface area contributed by atoms with Crippen LogP contribution in [0.1, 0.15) is 28.8 Å². The van der Waals surface area contributed by atoms with Crippen molar-refractivity contribution in [2.75, 3.05) is 39.6 Å². The number of nitrogens with one attached hydrogen (secondary N) is 2. The van der Waals surface area contributed by atoms with Gasteiger partial charge >= 0.3 is 0 Å². The van der Waals surface area contributed by atoms with Crippen LogP contribution in [0.3, 0.4) is 0 Å². The van der Waals surface area contributed by atoms with E-state index in [1.807, 2.05) is 0 Å². The minimum atomic E-state index is -3.07. The molecule has 24 heavy (non-hydrogen) atoms. The van der Waals surface area contributed by atoms with E-state index in [9.17, 15) is 13.2 Å². The van der Waals surface area contributed by atoms with Crippen molar-refractivity contribution in [3.05, 3.63) is 35.4 Å². The number of amides is 1. The van der Waals surface area contributed by atoms with E-state index in [1.165, 1.54) is 6.26 Å². The number of sulfone groups is 1. The van der Waals surface area contributed by atoms with Crippen LogP contribution in [0.15, 0.2) is 24.3 Å². The third-order valence-electron chi connectivity index (χ3n) is 4.38. The predicted molar refractivity (Wildman–Crippen MR) is 93.7 cm³/mol. The van der Waals surface area contributed by atoms with Crippen molar-refractivity contribution >= 4 is 15.7 Å². The largest absolute Gasteiger partial charge is 0.384 e. The second-order valence-corrected chi connectivity index (χ2v) is 8.77. The first kappa shape index (κ1) is 18.9. The normalized spacial score (nSPS) is 17.4. The van der Waals surface area contributed by atoms with Crippen LogP contribution < -0.4 is 10.6 Å². The molecule has 0 unspecified atom stereocenters. The molecule has 0 atom stereocenters. The number of ether oxygens (including phenoxy) is 1. The fraction of sp³-hybridized carbons (Fsp3) is 0.588. The van der Waals surface area contributed by atoms with E-state index >= 15 is 0 Å². The summed E-state index contributed by atoms with van der Waals surface area (Å²) in [4.78, 5) is 12.3. The van der Waals surface area contributed by atoms with Gasteiger partial charge in [-0.3, -0.25) is 4.79 Å². The Balaban J connectivity index is 1.96. The lowest BCUT2D eigenvalue weighted by atomic mass is 9.79. The second kappa shape index (κ2) is 8.09. The molecule has 2 N–H and O–H groups in total. The van der Waals surface area contributed by atoms with Gasteiger partial charge in [0.25, 0.3) is 5.91 Å². The van der Waals surface area contributed by atoms with Gasteiger partial charge in [0.05, 0.1) is 12.4 Å². The van der Waals surface area contributed by atoms with Gasteiger partial charge in [-0.05, 0) is 43.6 Å². The van der Waals surface area contributed by atoms with Crippen molar-refractivity contribution in [1.29, 1.82) is 0 Å². The van der Waals surface area contributed by atoms with E-state index in [1.54, 1.807) is 31.4 Å². The summed E-state index contributed by atoms with van der Waals surface area (Å²) < 4.78 is 27.9. The molecular weight excluding hydrogens is 328 g/mol. The summed E-state index contributed by atoms with van der Waals surface area (Å²) in [5, 5.41) is 6.32. The zero-order valence-corrected chi connectivity index (χ0v) is 15.1. The SMILES string of the molecule is COCC1(CNC(=O)c2ccc(CS(C)(=O)=O)cc2)CCNCC1. The smallest absolute Gasteiger partial charge is 0.251 e. The fourth-order valence-electron chi connectivity index (χ4n) is 3.06. The van der Waals surface area contributed by atoms with Crippen molar-refractivity contribution in [2.45, 2.75) is 18.6 Å². The Morgan fingerprint density at radius 1 is 1.25 bits per heavy atom. The third kappa shape index (κ3) is 5.58. The highest BCUT2D eigenvalue weighted by Gasteiger charge is 2.32.